The fourth-order valence-electron chi connectivity index (χ4n) is 0.957. The monoisotopic (exact) mass is 192 g/mol. The topological polar surface area (TPSA) is 27.0 Å². The summed E-state index contributed by atoms with van der Waals surface area (Å²) in [4.78, 5) is 1.55. The maximum absolute atomic E-state index is 8.81. The average Bonchev–Trinajstić information content (AvgIpc) is 2.21. The molecule has 0 amide bonds. The van der Waals surface area contributed by atoms with Gasteiger partial charge in [0, 0.05) is 5.54 Å². The Morgan fingerprint density at radius 3 is 2.62 bits per heavy atom. The number of anilines is 1. The van der Waals surface area contributed by atoms with Crippen LogP contribution in [0.5, 0.6) is 0 Å². The molecule has 0 aliphatic carbocycles. The normalized spacial score (nSPS) is 9.85. The molecule has 0 N–H and O–H groups in total. The van der Waals surface area contributed by atoms with E-state index in [0.717, 1.165) is 5.69 Å². The van der Waals surface area contributed by atoms with Crippen LogP contribution in [0.4, 0.5) is 5.69 Å². The van der Waals surface area contributed by atoms with E-state index in [0.29, 0.717) is 6.54 Å². The van der Waals surface area contributed by atoms with Crippen molar-refractivity contribution in [2.45, 2.75) is 0 Å². The zero-order chi connectivity index (χ0) is 9.52. The second-order valence-electron chi connectivity index (χ2n) is 2.41. The minimum absolute atomic E-state index is 0.504. The van der Waals surface area contributed by atoms with Crippen LogP contribution >= 0.6 is 11.6 Å². The molecule has 0 atom stereocenters. The lowest BCUT2D eigenvalue weighted by Gasteiger charge is -2.12. The van der Waals surface area contributed by atoms with Crippen LogP contribution in [0, 0.1) is 11.5 Å². The summed E-state index contributed by atoms with van der Waals surface area (Å²) in [5.41, 5.74) is 2.28. The summed E-state index contributed by atoms with van der Waals surface area (Å²) < 4.78 is 0. The minimum Gasteiger partial charge on any atom is -0.276 e. The van der Waals surface area contributed by atoms with Gasteiger partial charge in [0.2, 0.25) is 0 Å². The first-order valence-electron chi connectivity index (χ1n) is 3.86. The van der Waals surface area contributed by atoms with Crippen molar-refractivity contribution < 1.29 is 0 Å². The highest BCUT2D eigenvalue weighted by Crippen LogP contribution is 2.11. The van der Waals surface area contributed by atoms with Gasteiger partial charge in [-0.05, 0) is 12.1 Å². The van der Waals surface area contributed by atoms with E-state index in [1.807, 2.05) is 30.3 Å². The maximum Gasteiger partial charge on any atom is 0.184 e. The van der Waals surface area contributed by atoms with Crippen molar-refractivity contribution >= 4 is 17.3 Å². The van der Waals surface area contributed by atoms with Crippen LogP contribution in [0.2, 0.25) is 0 Å². The van der Waals surface area contributed by atoms with Gasteiger partial charge >= 0.3 is 0 Å². The van der Waals surface area contributed by atoms with Gasteiger partial charge in [0.05, 0.1) is 12.2 Å². The van der Waals surface area contributed by atoms with Crippen molar-refractivity contribution in [1.29, 1.82) is 5.26 Å². The summed E-state index contributed by atoms with van der Waals surface area (Å²) in [6.45, 7) is 0.504. The zero-order valence-corrected chi connectivity index (χ0v) is 7.78. The Balaban J connectivity index is 2.74. The van der Waals surface area contributed by atoms with Gasteiger partial charge in [0.15, 0.2) is 6.19 Å². The van der Waals surface area contributed by atoms with E-state index in [2.05, 4.69) is 6.19 Å². The fourth-order valence-corrected chi connectivity index (χ4v) is 1.04. The lowest BCUT2D eigenvalue weighted by molar-refractivity contribution is 1.10. The highest BCUT2D eigenvalue weighted by molar-refractivity contribution is 6.25. The van der Waals surface area contributed by atoms with Gasteiger partial charge in [0.25, 0.3) is 0 Å². The smallest absolute Gasteiger partial charge is 0.184 e. The van der Waals surface area contributed by atoms with E-state index in [-0.39, 0.29) is 0 Å². The third-order valence-corrected chi connectivity index (χ3v) is 1.74. The summed E-state index contributed by atoms with van der Waals surface area (Å²) in [6, 6.07) is 9.46. The Morgan fingerprint density at radius 1 is 1.38 bits per heavy atom. The Bertz CT molecular complexity index is 313. The molecule has 0 radical (unpaired) electrons. The number of halogens is 1. The molecular weight excluding hydrogens is 184 g/mol. The van der Waals surface area contributed by atoms with Crippen molar-refractivity contribution in [1.82, 2.24) is 0 Å². The summed E-state index contributed by atoms with van der Waals surface area (Å²) in [5.74, 6) is 0. The molecule has 0 aliphatic heterocycles. The summed E-state index contributed by atoms with van der Waals surface area (Å²) in [6.07, 6.45) is 3.80. The van der Waals surface area contributed by atoms with Crippen LogP contribution in [0.15, 0.2) is 41.9 Å². The van der Waals surface area contributed by atoms with Crippen molar-refractivity contribution in [3.05, 3.63) is 41.9 Å². The van der Waals surface area contributed by atoms with Gasteiger partial charge < -0.3 is 0 Å². The van der Waals surface area contributed by atoms with Crippen LogP contribution < -0.4 is 4.90 Å². The quantitative estimate of drug-likeness (QED) is 0.544. The first-order chi connectivity index (χ1) is 6.38. The molecule has 0 fully saturated rings. The van der Waals surface area contributed by atoms with E-state index >= 15 is 0 Å². The van der Waals surface area contributed by atoms with Crippen LogP contribution in [0.3, 0.4) is 0 Å². The van der Waals surface area contributed by atoms with E-state index in [1.54, 1.807) is 11.0 Å². The molecule has 13 heavy (non-hydrogen) atoms. The molecule has 66 valence electrons. The van der Waals surface area contributed by atoms with Crippen LogP contribution in [-0.4, -0.2) is 6.54 Å². The van der Waals surface area contributed by atoms with Gasteiger partial charge in [-0.2, -0.15) is 5.26 Å². The first kappa shape index (κ1) is 9.63. The lowest BCUT2D eigenvalue weighted by Crippen LogP contribution is -2.15. The second-order valence-corrected chi connectivity index (χ2v) is 2.66. The molecular formula is C10H9ClN2. The second kappa shape index (κ2) is 5.23. The molecule has 0 spiro atoms. The minimum atomic E-state index is 0.504. The van der Waals surface area contributed by atoms with Crippen molar-refractivity contribution in [2.24, 2.45) is 0 Å². The Morgan fingerprint density at radius 2 is 2.08 bits per heavy atom. The molecule has 0 aromatic heterocycles. The molecule has 3 heteroatoms. The van der Waals surface area contributed by atoms with E-state index in [4.69, 9.17) is 16.9 Å². The maximum atomic E-state index is 8.81. The Hall–Kier alpha value is -1.46. The van der Waals surface area contributed by atoms with Gasteiger partial charge in [-0.25, -0.2) is 0 Å². The Kier molecular flexibility index (Phi) is 3.87. The number of para-hydroxylation sites is 1. The van der Waals surface area contributed by atoms with Gasteiger partial charge in [-0.15, -0.1) is 0 Å². The number of rotatable bonds is 3. The summed E-state index contributed by atoms with van der Waals surface area (Å²) in [5, 5.41) is 8.81. The third kappa shape index (κ3) is 2.81. The summed E-state index contributed by atoms with van der Waals surface area (Å²) in [7, 11) is 0. The standard InChI is InChI=1S/C10H9ClN2/c11-7-4-8-13(9-12)10-5-2-1-3-6-10/h1-7H,8H2/b7-4+. The zero-order valence-electron chi connectivity index (χ0n) is 7.02. The third-order valence-electron chi connectivity index (χ3n) is 1.57. The molecule has 0 saturated carbocycles. The number of nitrogens with zero attached hydrogens (tertiary/aromatic N) is 2. The molecule has 1 aromatic rings. The number of hydrogen-bond acceptors (Lipinski definition) is 2. The van der Waals surface area contributed by atoms with Crippen molar-refractivity contribution in [2.75, 3.05) is 11.4 Å². The fraction of sp³-hybridized carbons (Fsp3) is 0.100. The van der Waals surface area contributed by atoms with Gasteiger partial charge in [0.1, 0.15) is 0 Å². The molecule has 0 aliphatic rings. The van der Waals surface area contributed by atoms with Gasteiger partial charge in [-0.3, -0.25) is 4.90 Å². The van der Waals surface area contributed by atoms with E-state index in [9.17, 15) is 0 Å². The van der Waals surface area contributed by atoms with Crippen LogP contribution in [0.1, 0.15) is 0 Å². The molecule has 1 rings (SSSR count). The number of nitriles is 1. The van der Waals surface area contributed by atoms with E-state index < -0.39 is 0 Å². The van der Waals surface area contributed by atoms with Crippen molar-refractivity contribution in [3.8, 4) is 6.19 Å². The van der Waals surface area contributed by atoms with Gasteiger partial charge in [-0.1, -0.05) is 35.9 Å². The largest absolute Gasteiger partial charge is 0.276 e. The molecule has 2 nitrogen and oxygen atoms in total. The lowest BCUT2D eigenvalue weighted by atomic mass is 10.3. The molecule has 0 bridgehead atoms. The SMILES string of the molecule is N#CN(C/C=C/Cl)c1ccccc1. The molecule has 0 unspecified atom stereocenters. The average molecular weight is 193 g/mol. The molecule has 0 saturated heterocycles. The highest BCUT2D eigenvalue weighted by Gasteiger charge is 2.00. The predicted octanol–water partition coefficient (Wildman–Crippen LogP) is 2.73. The Labute approximate surface area is 82.7 Å². The van der Waals surface area contributed by atoms with Crippen LogP contribution in [-0.2, 0) is 0 Å². The highest BCUT2D eigenvalue weighted by atomic mass is 35.5. The van der Waals surface area contributed by atoms with Crippen LogP contribution in [0.25, 0.3) is 0 Å². The van der Waals surface area contributed by atoms with E-state index in [1.165, 1.54) is 5.54 Å². The first-order valence-corrected chi connectivity index (χ1v) is 4.29. The molecule has 0 heterocycles. The number of hydrogen-bond donors (Lipinski definition) is 0. The van der Waals surface area contributed by atoms with Crippen molar-refractivity contribution in [3.63, 3.8) is 0 Å². The summed E-state index contributed by atoms with van der Waals surface area (Å²) >= 11 is 5.37. The molecule has 1 aromatic carbocycles. The predicted molar refractivity (Wildman–Crippen MR) is 54.4 cm³/mol. The number of benzene rings is 1.